The number of pyridine rings is 1. The molecule has 2 heterocycles. The average molecular weight is 441 g/mol. The summed E-state index contributed by atoms with van der Waals surface area (Å²) in [4.78, 5) is 4.52. The molecule has 0 aromatic carbocycles. The van der Waals surface area contributed by atoms with Crippen LogP contribution in [-0.4, -0.2) is 34.6 Å². The molecule has 0 spiro atoms. The second-order valence-electron chi connectivity index (χ2n) is 8.64. The number of aliphatic hydroxyl groups excluding tert-OH is 1. The summed E-state index contributed by atoms with van der Waals surface area (Å²) in [5.74, 6) is 0.143. The van der Waals surface area contributed by atoms with E-state index < -0.39 is 18.2 Å². The van der Waals surface area contributed by atoms with Crippen molar-refractivity contribution in [1.82, 2.24) is 4.98 Å². The number of rotatable bonds is 6. The Balaban J connectivity index is 1.63. The summed E-state index contributed by atoms with van der Waals surface area (Å²) in [5.41, 5.74) is 8.14. The Kier molecular flexibility index (Phi) is 6.11. The Morgan fingerprint density at radius 2 is 2.16 bits per heavy atom. The highest BCUT2D eigenvalue weighted by atomic mass is 19.1. The number of nitrogens with two attached hydrogens (primary N) is 1. The summed E-state index contributed by atoms with van der Waals surface area (Å²) < 4.78 is 26.4. The number of ether oxygens (including phenoxy) is 2. The second kappa shape index (κ2) is 8.82. The fourth-order valence-corrected chi connectivity index (χ4v) is 4.68. The van der Waals surface area contributed by atoms with Gasteiger partial charge in [-0.05, 0) is 44.1 Å². The third-order valence-electron chi connectivity index (χ3n) is 6.31. The number of hydrogen-bond acceptors (Lipinski definition) is 6. The molecule has 1 aromatic heterocycles. The van der Waals surface area contributed by atoms with E-state index in [9.17, 15) is 14.6 Å². The van der Waals surface area contributed by atoms with E-state index in [-0.39, 0.29) is 29.9 Å². The maximum atomic E-state index is 14.8. The fourth-order valence-electron chi connectivity index (χ4n) is 4.68. The maximum absolute atomic E-state index is 14.8. The quantitative estimate of drug-likeness (QED) is 0.617. The molecule has 3 aliphatic rings. The van der Waals surface area contributed by atoms with Crippen molar-refractivity contribution < 1.29 is 24.1 Å². The van der Waals surface area contributed by atoms with Gasteiger partial charge in [0.15, 0.2) is 5.76 Å². The van der Waals surface area contributed by atoms with Crippen LogP contribution in [0.1, 0.15) is 43.7 Å². The van der Waals surface area contributed by atoms with Crippen molar-refractivity contribution in [1.29, 1.82) is 0 Å². The number of alkyl halides is 1. The van der Waals surface area contributed by atoms with Crippen molar-refractivity contribution in [3.05, 3.63) is 82.8 Å². The van der Waals surface area contributed by atoms with Gasteiger partial charge in [-0.25, -0.2) is 4.39 Å². The van der Waals surface area contributed by atoms with Gasteiger partial charge in [-0.3, -0.25) is 4.98 Å². The molecular formula is C25H29FN2O4. The first-order chi connectivity index (χ1) is 15.3. The van der Waals surface area contributed by atoms with Crippen LogP contribution in [-0.2, 0) is 9.47 Å². The van der Waals surface area contributed by atoms with Crippen LogP contribution in [0.25, 0.3) is 0 Å². The van der Waals surface area contributed by atoms with Gasteiger partial charge in [0.1, 0.15) is 30.4 Å². The van der Waals surface area contributed by atoms with E-state index in [4.69, 9.17) is 15.2 Å². The van der Waals surface area contributed by atoms with Gasteiger partial charge in [-0.1, -0.05) is 30.4 Å². The minimum atomic E-state index is -1.28. The van der Waals surface area contributed by atoms with E-state index in [1.165, 1.54) is 6.07 Å². The van der Waals surface area contributed by atoms with Crippen LogP contribution in [0.3, 0.4) is 0 Å². The van der Waals surface area contributed by atoms with Crippen molar-refractivity contribution in [2.24, 2.45) is 17.6 Å². The number of aliphatic hydroxyl groups is 1. The minimum Gasteiger partial charge on any atom is -0.506 e. The standard InChI is InChI=1S/C25H29FN2O4/c1-13-5-4-6-17(22(13)26)23-19(29)8-7-18(28-23)24(30)21-14(2)11-20(32-12-15(3)27)25-16(21)9-10-31-25/h4-8,11,16-17,21-22,24,29-30H,3,9-10,12,27H2,1-2H3. The highest BCUT2D eigenvalue weighted by Crippen LogP contribution is 2.47. The van der Waals surface area contributed by atoms with Gasteiger partial charge in [0.05, 0.1) is 23.9 Å². The topological polar surface area (TPSA) is 97.8 Å². The fraction of sp³-hybridized carbons (Fsp3) is 0.400. The van der Waals surface area contributed by atoms with Crippen molar-refractivity contribution in [3.63, 3.8) is 0 Å². The summed E-state index contributed by atoms with van der Waals surface area (Å²) in [7, 11) is 0. The van der Waals surface area contributed by atoms with Crippen molar-refractivity contribution >= 4 is 0 Å². The van der Waals surface area contributed by atoms with Gasteiger partial charge in [-0.2, -0.15) is 0 Å². The molecule has 0 saturated carbocycles. The Morgan fingerprint density at radius 1 is 1.38 bits per heavy atom. The number of allylic oxidation sites excluding steroid dienone is 6. The van der Waals surface area contributed by atoms with Gasteiger partial charge in [0, 0.05) is 17.5 Å². The van der Waals surface area contributed by atoms with Crippen LogP contribution in [0.5, 0.6) is 5.75 Å². The van der Waals surface area contributed by atoms with Gasteiger partial charge in [-0.15, -0.1) is 0 Å². The molecule has 0 amide bonds. The number of aromatic hydroxyl groups is 1. The summed E-state index contributed by atoms with van der Waals surface area (Å²) >= 11 is 0. The predicted molar refractivity (Wildman–Crippen MR) is 119 cm³/mol. The molecule has 4 N–H and O–H groups in total. The number of fused-ring (bicyclic) bond motifs is 1. The lowest BCUT2D eigenvalue weighted by Crippen LogP contribution is -2.28. The van der Waals surface area contributed by atoms with Crippen LogP contribution in [0, 0.1) is 11.8 Å². The molecule has 2 aliphatic carbocycles. The van der Waals surface area contributed by atoms with Gasteiger partial charge in [0.2, 0.25) is 0 Å². The molecule has 5 unspecified atom stereocenters. The Hall–Kier alpha value is -3.06. The van der Waals surface area contributed by atoms with Gasteiger partial charge < -0.3 is 25.4 Å². The van der Waals surface area contributed by atoms with Crippen LogP contribution in [0.15, 0.2) is 71.4 Å². The summed E-state index contributed by atoms with van der Waals surface area (Å²) in [6.45, 7) is 8.00. The molecule has 1 aromatic rings. The molecule has 4 rings (SSSR count). The molecular weight excluding hydrogens is 411 g/mol. The van der Waals surface area contributed by atoms with E-state index in [2.05, 4.69) is 11.6 Å². The van der Waals surface area contributed by atoms with Gasteiger partial charge >= 0.3 is 0 Å². The molecule has 1 fully saturated rings. The van der Waals surface area contributed by atoms with Crippen LogP contribution in [0.2, 0.25) is 0 Å². The van der Waals surface area contributed by atoms with Crippen LogP contribution >= 0.6 is 0 Å². The molecule has 0 radical (unpaired) electrons. The third kappa shape index (κ3) is 4.05. The lowest BCUT2D eigenvalue weighted by molar-refractivity contribution is 0.0872. The second-order valence-corrected chi connectivity index (χ2v) is 8.64. The lowest BCUT2D eigenvalue weighted by atomic mass is 9.76. The van der Waals surface area contributed by atoms with E-state index in [0.717, 1.165) is 12.0 Å². The normalized spacial score (nSPS) is 27.9. The molecule has 0 bridgehead atoms. The van der Waals surface area contributed by atoms with E-state index in [1.54, 1.807) is 31.2 Å². The Morgan fingerprint density at radius 3 is 2.91 bits per heavy atom. The molecule has 1 aliphatic heterocycles. The summed E-state index contributed by atoms with van der Waals surface area (Å²) in [6.07, 6.45) is 5.50. The van der Waals surface area contributed by atoms with Crippen LogP contribution < -0.4 is 5.73 Å². The Bertz CT molecular complexity index is 1040. The maximum Gasteiger partial charge on any atom is 0.157 e. The SMILES string of the molecule is C=C(N)COC1=C2OCCC2C(C(O)c2ccc(O)c(C3C=CC=C(C)C3F)n2)C(C)=C1. The smallest absolute Gasteiger partial charge is 0.157 e. The zero-order chi connectivity index (χ0) is 23.0. The van der Waals surface area contributed by atoms with Crippen molar-refractivity contribution in [2.45, 2.75) is 38.5 Å². The van der Waals surface area contributed by atoms with E-state index in [1.807, 2.05) is 13.0 Å². The largest absolute Gasteiger partial charge is 0.506 e. The molecule has 7 heteroatoms. The molecule has 1 saturated heterocycles. The number of hydrogen-bond donors (Lipinski definition) is 3. The molecule has 6 nitrogen and oxygen atoms in total. The number of nitrogens with zero attached hydrogens (tertiary/aromatic N) is 1. The molecule has 5 atom stereocenters. The first-order valence-corrected chi connectivity index (χ1v) is 10.8. The third-order valence-corrected chi connectivity index (χ3v) is 6.31. The lowest BCUT2D eigenvalue weighted by Gasteiger charge is -2.33. The monoisotopic (exact) mass is 440 g/mol. The molecule has 32 heavy (non-hydrogen) atoms. The number of halogens is 1. The van der Waals surface area contributed by atoms with E-state index in [0.29, 0.717) is 35.1 Å². The zero-order valence-electron chi connectivity index (χ0n) is 18.3. The highest BCUT2D eigenvalue weighted by Gasteiger charge is 2.42. The van der Waals surface area contributed by atoms with E-state index >= 15 is 0 Å². The zero-order valence-corrected chi connectivity index (χ0v) is 18.3. The van der Waals surface area contributed by atoms with Crippen molar-refractivity contribution in [3.8, 4) is 5.75 Å². The highest BCUT2D eigenvalue weighted by molar-refractivity contribution is 5.40. The predicted octanol–water partition coefficient (Wildman–Crippen LogP) is 4.07. The minimum absolute atomic E-state index is 0.0798. The van der Waals surface area contributed by atoms with Gasteiger partial charge in [0.25, 0.3) is 0 Å². The molecule has 170 valence electrons. The summed E-state index contributed by atoms with van der Waals surface area (Å²) in [6, 6.07) is 3.06. The van der Waals surface area contributed by atoms with Crippen molar-refractivity contribution in [2.75, 3.05) is 13.2 Å². The summed E-state index contributed by atoms with van der Waals surface area (Å²) in [5, 5.41) is 21.7. The first kappa shape index (κ1) is 22.1. The average Bonchev–Trinajstić information content (AvgIpc) is 3.24. The number of aromatic nitrogens is 1. The Labute approximate surface area is 187 Å². The first-order valence-electron chi connectivity index (χ1n) is 10.8. The van der Waals surface area contributed by atoms with Crippen LogP contribution in [0.4, 0.5) is 4.39 Å².